The average Bonchev–Trinajstić information content (AvgIpc) is 2.94. The number of nitrogens with one attached hydrogen (secondary N) is 1. The zero-order valence-electron chi connectivity index (χ0n) is 21.9. The predicted octanol–water partition coefficient (Wildman–Crippen LogP) is 5.14. The molecule has 0 saturated carbocycles. The topological polar surface area (TPSA) is 96.0 Å². The van der Waals surface area contributed by atoms with Gasteiger partial charge in [-0.15, -0.1) is 0 Å². The average molecular weight is 593 g/mol. The first-order valence-corrected chi connectivity index (χ1v) is 14.5. The molecule has 2 amide bonds. The molecule has 208 valence electrons. The molecule has 3 aromatic carbocycles. The molecule has 0 saturated heterocycles. The van der Waals surface area contributed by atoms with Crippen LogP contribution in [0.1, 0.15) is 25.8 Å². The maximum Gasteiger partial charge on any atom is 0.264 e. The molecule has 0 aliphatic heterocycles. The molecule has 39 heavy (non-hydrogen) atoms. The van der Waals surface area contributed by atoms with Gasteiger partial charge >= 0.3 is 0 Å². The molecule has 0 unspecified atom stereocenters. The summed E-state index contributed by atoms with van der Waals surface area (Å²) in [6, 6.07) is 18.1. The molecule has 0 heterocycles. The van der Waals surface area contributed by atoms with Crippen LogP contribution in [0, 0.1) is 0 Å². The summed E-state index contributed by atoms with van der Waals surface area (Å²) in [6.07, 6.45) is 0.724. The number of methoxy groups -OCH3 is 1. The Balaban J connectivity index is 2.02. The first kappa shape index (κ1) is 30.3. The van der Waals surface area contributed by atoms with E-state index < -0.39 is 28.5 Å². The van der Waals surface area contributed by atoms with Crippen LogP contribution in [0.2, 0.25) is 10.0 Å². The quantitative estimate of drug-likeness (QED) is 0.314. The van der Waals surface area contributed by atoms with Gasteiger partial charge < -0.3 is 15.0 Å². The Kier molecular flexibility index (Phi) is 10.6. The minimum Gasteiger partial charge on any atom is -0.497 e. The number of nitrogens with zero attached hydrogens (tertiary/aromatic N) is 2. The van der Waals surface area contributed by atoms with E-state index in [1.54, 1.807) is 43.3 Å². The first-order valence-electron chi connectivity index (χ1n) is 12.3. The molecule has 0 radical (unpaired) electrons. The molecule has 1 N–H and O–H groups in total. The maximum atomic E-state index is 13.9. The van der Waals surface area contributed by atoms with Crippen LogP contribution in [0.25, 0.3) is 0 Å². The Hall–Kier alpha value is -3.27. The molecule has 0 fully saturated rings. The lowest BCUT2D eigenvalue weighted by molar-refractivity contribution is -0.139. The fourth-order valence-electron chi connectivity index (χ4n) is 3.80. The van der Waals surface area contributed by atoms with Crippen LogP contribution in [0.5, 0.6) is 5.75 Å². The summed E-state index contributed by atoms with van der Waals surface area (Å²) in [7, 11) is -2.72. The van der Waals surface area contributed by atoms with Crippen LogP contribution in [0.4, 0.5) is 5.69 Å². The van der Waals surface area contributed by atoms with Gasteiger partial charge in [0.1, 0.15) is 18.3 Å². The lowest BCUT2D eigenvalue weighted by Crippen LogP contribution is -2.51. The second kappa shape index (κ2) is 13.7. The molecule has 3 rings (SSSR count). The van der Waals surface area contributed by atoms with Crippen molar-refractivity contribution in [2.24, 2.45) is 0 Å². The summed E-state index contributed by atoms with van der Waals surface area (Å²) in [5.74, 6) is -0.449. The van der Waals surface area contributed by atoms with E-state index in [9.17, 15) is 18.0 Å². The van der Waals surface area contributed by atoms with Crippen molar-refractivity contribution in [2.75, 3.05) is 24.5 Å². The van der Waals surface area contributed by atoms with Crippen molar-refractivity contribution >= 4 is 50.7 Å². The third-order valence-corrected chi connectivity index (χ3v) is 8.46. The Morgan fingerprint density at radius 3 is 2.21 bits per heavy atom. The van der Waals surface area contributed by atoms with Gasteiger partial charge in [0.2, 0.25) is 11.8 Å². The molecular formula is C28H31Cl2N3O5S. The second-order valence-corrected chi connectivity index (χ2v) is 11.4. The number of amides is 2. The Morgan fingerprint density at radius 1 is 0.974 bits per heavy atom. The Bertz CT molecular complexity index is 1380. The van der Waals surface area contributed by atoms with Crippen LogP contribution in [-0.4, -0.2) is 51.4 Å². The number of hydrogen-bond acceptors (Lipinski definition) is 5. The predicted molar refractivity (Wildman–Crippen MR) is 154 cm³/mol. The molecule has 8 nitrogen and oxygen atoms in total. The minimum atomic E-state index is -4.20. The SMILES string of the molecule is CCCNC(=O)[C@H](C)N(Cc1ccccc1Cl)C(=O)CN(c1ccc(Cl)cc1)S(=O)(=O)c1ccc(OC)cc1. The van der Waals surface area contributed by atoms with Gasteiger partial charge in [0.25, 0.3) is 10.0 Å². The highest BCUT2D eigenvalue weighted by atomic mass is 35.5. The summed E-state index contributed by atoms with van der Waals surface area (Å²) in [6.45, 7) is 3.41. The van der Waals surface area contributed by atoms with Crippen LogP contribution in [-0.2, 0) is 26.2 Å². The van der Waals surface area contributed by atoms with Crippen molar-refractivity contribution in [1.82, 2.24) is 10.2 Å². The van der Waals surface area contributed by atoms with Crippen molar-refractivity contribution in [3.05, 3.63) is 88.4 Å². The molecule has 3 aromatic rings. The molecule has 0 bridgehead atoms. The first-order chi connectivity index (χ1) is 18.6. The summed E-state index contributed by atoms with van der Waals surface area (Å²) in [4.78, 5) is 28.1. The molecule has 0 aliphatic carbocycles. The van der Waals surface area contributed by atoms with E-state index >= 15 is 0 Å². The van der Waals surface area contributed by atoms with E-state index in [0.717, 1.165) is 10.7 Å². The number of anilines is 1. The van der Waals surface area contributed by atoms with Crippen molar-refractivity contribution in [3.63, 3.8) is 0 Å². The van der Waals surface area contributed by atoms with E-state index in [2.05, 4.69) is 5.32 Å². The third kappa shape index (κ3) is 7.65. The van der Waals surface area contributed by atoms with Crippen LogP contribution in [0.15, 0.2) is 77.7 Å². The fraction of sp³-hybridized carbons (Fsp3) is 0.286. The molecular weight excluding hydrogens is 561 g/mol. The Labute approximate surface area is 239 Å². The number of carbonyl (C=O) groups is 2. The van der Waals surface area contributed by atoms with Gasteiger partial charge in [-0.3, -0.25) is 13.9 Å². The van der Waals surface area contributed by atoms with E-state index in [1.165, 1.54) is 48.4 Å². The van der Waals surface area contributed by atoms with Crippen LogP contribution >= 0.6 is 23.2 Å². The highest BCUT2D eigenvalue weighted by Gasteiger charge is 2.32. The van der Waals surface area contributed by atoms with Crippen molar-refractivity contribution in [3.8, 4) is 5.75 Å². The van der Waals surface area contributed by atoms with Gasteiger partial charge in [-0.25, -0.2) is 8.42 Å². The van der Waals surface area contributed by atoms with Crippen molar-refractivity contribution in [1.29, 1.82) is 0 Å². The third-order valence-electron chi connectivity index (χ3n) is 6.06. The maximum absolute atomic E-state index is 13.9. The fourth-order valence-corrected chi connectivity index (χ4v) is 5.54. The number of ether oxygens (including phenoxy) is 1. The lowest BCUT2D eigenvalue weighted by atomic mass is 10.1. The zero-order valence-corrected chi connectivity index (χ0v) is 24.3. The number of benzene rings is 3. The zero-order chi connectivity index (χ0) is 28.6. The monoisotopic (exact) mass is 591 g/mol. The number of halogens is 2. The van der Waals surface area contributed by atoms with Gasteiger partial charge in [0, 0.05) is 23.1 Å². The van der Waals surface area contributed by atoms with E-state index in [0.29, 0.717) is 27.9 Å². The number of carbonyl (C=O) groups excluding carboxylic acids is 2. The van der Waals surface area contributed by atoms with Gasteiger partial charge in [-0.1, -0.05) is 48.3 Å². The largest absolute Gasteiger partial charge is 0.497 e. The number of rotatable bonds is 12. The summed E-state index contributed by atoms with van der Waals surface area (Å²) in [5.41, 5.74) is 0.864. The minimum absolute atomic E-state index is 0.0102. The van der Waals surface area contributed by atoms with Crippen LogP contribution in [0.3, 0.4) is 0 Å². The summed E-state index contributed by atoms with van der Waals surface area (Å²) < 4.78 is 33.8. The van der Waals surface area contributed by atoms with Gasteiger partial charge in [0.15, 0.2) is 0 Å². The van der Waals surface area contributed by atoms with Crippen molar-refractivity contribution < 1.29 is 22.7 Å². The molecule has 0 aromatic heterocycles. The van der Waals surface area contributed by atoms with Crippen molar-refractivity contribution in [2.45, 2.75) is 37.8 Å². The summed E-state index contributed by atoms with van der Waals surface area (Å²) in [5, 5.41) is 3.64. The molecule has 1 atom stereocenters. The molecule has 11 heteroatoms. The molecule has 0 aliphatic rings. The lowest BCUT2D eigenvalue weighted by Gasteiger charge is -2.32. The normalized spacial score (nSPS) is 11.9. The summed E-state index contributed by atoms with van der Waals surface area (Å²) >= 11 is 12.4. The van der Waals surface area contributed by atoms with E-state index in [-0.39, 0.29) is 23.0 Å². The highest BCUT2D eigenvalue weighted by Crippen LogP contribution is 2.27. The highest BCUT2D eigenvalue weighted by molar-refractivity contribution is 7.92. The number of sulfonamides is 1. The standard InChI is InChI=1S/C28H31Cl2N3O5S/c1-4-17-31-28(35)20(2)32(18-21-7-5-6-8-26(21)30)27(34)19-33(23-11-9-22(29)10-12-23)39(36,37)25-15-13-24(38-3)14-16-25/h5-16,20H,4,17-19H2,1-3H3,(H,31,35)/t20-/m0/s1. The molecule has 0 spiro atoms. The Morgan fingerprint density at radius 2 is 1.62 bits per heavy atom. The van der Waals surface area contributed by atoms with E-state index in [1.807, 2.05) is 6.92 Å². The number of hydrogen-bond donors (Lipinski definition) is 1. The van der Waals surface area contributed by atoms with Gasteiger partial charge in [-0.2, -0.15) is 0 Å². The van der Waals surface area contributed by atoms with Gasteiger partial charge in [-0.05, 0) is 73.5 Å². The second-order valence-electron chi connectivity index (χ2n) is 8.74. The van der Waals surface area contributed by atoms with Crippen LogP contribution < -0.4 is 14.4 Å². The van der Waals surface area contributed by atoms with Gasteiger partial charge in [0.05, 0.1) is 17.7 Å². The smallest absolute Gasteiger partial charge is 0.264 e. The van der Waals surface area contributed by atoms with E-state index in [4.69, 9.17) is 27.9 Å².